The van der Waals surface area contributed by atoms with E-state index in [1.807, 2.05) is 23.1 Å². The minimum Gasteiger partial charge on any atom is -0.496 e. The molecule has 1 aromatic carbocycles. The molecule has 1 N–H and O–H groups in total. The number of likely N-dealkylation sites (tertiary alicyclic amines) is 2. The van der Waals surface area contributed by atoms with Crippen molar-refractivity contribution in [2.75, 3.05) is 39.8 Å². The van der Waals surface area contributed by atoms with E-state index in [9.17, 15) is 9.59 Å². The molecule has 2 saturated heterocycles. The van der Waals surface area contributed by atoms with Crippen molar-refractivity contribution in [3.63, 3.8) is 0 Å². The summed E-state index contributed by atoms with van der Waals surface area (Å²) in [7, 11) is 1.70. The second-order valence-corrected chi connectivity index (χ2v) is 8.62. The molecule has 0 spiro atoms. The van der Waals surface area contributed by atoms with Crippen LogP contribution < -0.4 is 10.1 Å². The fourth-order valence-corrected chi connectivity index (χ4v) is 4.72. The summed E-state index contributed by atoms with van der Waals surface area (Å²) in [5.74, 6) is 1.58. The van der Waals surface area contributed by atoms with E-state index in [0.29, 0.717) is 12.5 Å². The third kappa shape index (κ3) is 4.74. The van der Waals surface area contributed by atoms with Crippen LogP contribution in [0.1, 0.15) is 50.1 Å². The van der Waals surface area contributed by atoms with Crippen molar-refractivity contribution in [3.8, 4) is 5.75 Å². The van der Waals surface area contributed by atoms with Gasteiger partial charge in [-0.05, 0) is 57.7 Å². The molecule has 2 amide bonds. The molecule has 1 unspecified atom stereocenters. The lowest BCUT2D eigenvalue weighted by Gasteiger charge is -2.33. The zero-order valence-electron chi connectivity index (χ0n) is 17.4. The van der Waals surface area contributed by atoms with Gasteiger partial charge in [0, 0.05) is 37.0 Å². The molecule has 1 atom stereocenters. The van der Waals surface area contributed by atoms with Gasteiger partial charge in [0.15, 0.2) is 0 Å². The van der Waals surface area contributed by atoms with Crippen LogP contribution in [0, 0.1) is 11.8 Å². The highest BCUT2D eigenvalue weighted by molar-refractivity contribution is 5.82. The Bertz CT molecular complexity index is 720. The summed E-state index contributed by atoms with van der Waals surface area (Å²) < 4.78 is 5.59. The number of benzene rings is 1. The number of nitrogens with zero attached hydrogens (tertiary/aromatic N) is 2. The van der Waals surface area contributed by atoms with Gasteiger partial charge in [-0.1, -0.05) is 18.2 Å². The number of piperidine rings is 1. The van der Waals surface area contributed by atoms with Crippen LogP contribution in [0.25, 0.3) is 0 Å². The first-order valence-electron chi connectivity index (χ1n) is 11.1. The van der Waals surface area contributed by atoms with Gasteiger partial charge in [-0.3, -0.25) is 14.5 Å². The van der Waals surface area contributed by atoms with Gasteiger partial charge >= 0.3 is 0 Å². The highest BCUT2D eigenvalue weighted by atomic mass is 16.5. The lowest BCUT2D eigenvalue weighted by atomic mass is 9.95. The van der Waals surface area contributed by atoms with Gasteiger partial charge in [0.2, 0.25) is 11.8 Å². The Morgan fingerprint density at radius 2 is 1.72 bits per heavy atom. The van der Waals surface area contributed by atoms with Crippen LogP contribution in [-0.2, 0) is 9.59 Å². The molecule has 3 fully saturated rings. The number of methoxy groups -OCH3 is 1. The van der Waals surface area contributed by atoms with Crippen LogP contribution in [0.2, 0.25) is 0 Å². The van der Waals surface area contributed by atoms with Crippen molar-refractivity contribution in [3.05, 3.63) is 29.8 Å². The second kappa shape index (κ2) is 9.16. The molecule has 0 bridgehead atoms. The number of hydrogen-bond donors (Lipinski definition) is 1. The number of hydrogen-bond acceptors (Lipinski definition) is 4. The first-order valence-corrected chi connectivity index (χ1v) is 11.1. The molecular weight excluding hydrogens is 366 g/mol. The van der Waals surface area contributed by atoms with Crippen molar-refractivity contribution < 1.29 is 14.3 Å². The van der Waals surface area contributed by atoms with Crippen LogP contribution in [0.3, 0.4) is 0 Å². The number of carbonyl (C=O) groups excluding carboxylic acids is 2. The molecule has 3 aliphatic rings. The third-order valence-electron chi connectivity index (χ3n) is 6.65. The summed E-state index contributed by atoms with van der Waals surface area (Å²) in [5.41, 5.74) is 1.14. The molecule has 0 aromatic heterocycles. The minimum atomic E-state index is 0.00940. The zero-order chi connectivity index (χ0) is 20.2. The van der Waals surface area contributed by atoms with Gasteiger partial charge in [-0.15, -0.1) is 0 Å². The minimum absolute atomic E-state index is 0.00940. The topological polar surface area (TPSA) is 61.9 Å². The zero-order valence-corrected chi connectivity index (χ0v) is 17.4. The number of nitrogens with one attached hydrogen (secondary N) is 1. The quantitative estimate of drug-likeness (QED) is 0.766. The van der Waals surface area contributed by atoms with E-state index in [1.165, 1.54) is 12.8 Å². The van der Waals surface area contributed by atoms with Crippen molar-refractivity contribution in [2.45, 2.75) is 44.6 Å². The van der Waals surface area contributed by atoms with Crippen LogP contribution in [0.4, 0.5) is 0 Å². The number of rotatable bonds is 7. The molecular formula is C23H33N3O3. The molecule has 4 rings (SSSR count). The summed E-state index contributed by atoms with van der Waals surface area (Å²) in [5, 5.41) is 3.22. The summed E-state index contributed by atoms with van der Waals surface area (Å²) in [4.78, 5) is 29.5. The molecule has 1 aromatic rings. The van der Waals surface area contributed by atoms with E-state index < -0.39 is 0 Å². The molecule has 158 valence electrons. The Morgan fingerprint density at radius 1 is 1.03 bits per heavy atom. The molecule has 1 saturated carbocycles. The van der Waals surface area contributed by atoms with Crippen LogP contribution in [-0.4, -0.2) is 61.4 Å². The van der Waals surface area contributed by atoms with Gasteiger partial charge < -0.3 is 15.0 Å². The van der Waals surface area contributed by atoms with Gasteiger partial charge in [0.1, 0.15) is 5.75 Å². The van der Waals surface area contributed by atoms with E-state index in [-0.39, 0.29) is 23.8 Å². The maximum atomic E-state index is 12.9. The Kier molecular flexibility index (Phi) is 6.38. The predicted molar refractivity (Wildman–Crippen MR) is 112 cm³/mol. The highest BCUT2D eigenvalue weighted by Gasteiger charge is 2.36. The van der Waals surface area contributed by atoms with Gasteiger partial charge in [-0.2, -0.15) is 0 Å². The van der Waals surface area contributed by atoms with E-state index in [2.05, 4.69) is 16.3 Å². The summed E-state index contributed by atoms with van der Waals surface area (Å²) in [6, 6.07) is 8.26. The Labute approximate surface area is 173 Å². The lowest BCUT2D eigenvalue weighted by Crippen LogP contribution is -2.45. The smallest absolute Gasteiger partial charge is 0.225 e. The summed E-state index contributed by atoms with van der Waals surface area (Å²) >= 11 is 0. The number of para-hydroxylation sites is 1. The second-order valence-electron chi connectivity index (χ2n) is 8.62. The third-order valence-corrected chi connectivity index (χ3v) is 6.65. The lowest BCUT2D eigenvalue weighted by molar-refractivity contribution is -0.136. The summed E-state index contributed by atoms with van der Waals surface area (Å²) in [6.45, 7) is 4.14. The van der Waals surface area contributed by atoms with Crippen molar-refractivity contribution in [1.29, 1.82) is 0 Å². The Morgan fingerprint density at radius 3 is 2.38 bits per heavy atom. The SMILES string of the molecule is COc1ccccc1C(CNC(=O)C1CCN(C(=O)C2CC2)CC1)N1CCCC1. The van der Waals surface area contributed by atoms with Crippen LogP contribution in [0.15, 0.2) is 24.3 Å². The average Bonchev–Trinajstić information content (AvgIpc) is 3.48. The molecule has 2 heterocycles. The largest absolute Gasteiger partial charge is 0.496 e. The van der Waals surface area contributed by atoms with Crippen molar-refractivity contribution in [2.24, 2.45) is 11.8 Å². The molecule has 1 aliphatic carbocycles. The molecule has 29 heavy (non-hydrogen) atoms. The van der Waals surface area contributed by atoms with Gasteiger partial charge in [0.05, 0.1) is 13.2 Å². The fourth-order valence-electron chi connectivity index (χ4n) is 4.72. The molecule has 0 radical (unpaired) electrons. The maximum Gasteiger partial charge on any atom is 0.225 e. The van der Waals surface area contributed by atoms with Crippen LogP contribution >= 0.6 is 0 Å². The van der Waals surface area contributed by atoms with Crippen LogP contribution in [0.5, 0.6) is 5.75 Å². The molecule has 2 aliphatic heterocycles. The monoisotopic (exact) mass is 399 g/mol. The van der Waals surface area contributed by atoms with Crippen molar-refractivity contribution in [1.82, 2.24) is 15.1 Å². The molecule has 6 nitrogen and oxygen atoms in total. The first-order chi connectivity index (χ1) is 14.2. The average molecular weight is 400 g/mol. The van der Waals surface area contributed by atoms with E-state index in [1.54, 1.807) is 7.11 Å². The van der Waals surface area contributed by atoms with Gasteiger partial charge in [-0.25, -0.2) is 0 Å². The Hall–Kier alpha value is -2.08. The van der Waals surface area contributed by atoms with Crippen molar-refractivity contribution >= 4 is 11.8 Å². The molecule has 6 heteroatoms. The highest BCUT2D eigenvalue weighted by Crippen LogP contribution is 2.33. The van der Waals surface area contributed by atoms with E-state index in [4.69, 9.17) is 4.74 Å². The van der Waals surface area contributed by atoms with Gasteiger partial charge in [0.25, 0.3) is 0 Å². The number of amides is 2. The Balaban J connectivity index is 1.35. The summed E-state index contributed by atoms with van der Waals surface area (Å²) in [6.07, 6.45) is 6.03. The van der Waals surface area contributed by atoms with E-state index >= 15 is 0 Å². The predicted octanol–water partition coefficient (Wildman–Crippen LogP) is 2.60. The normalized spacial score (nSPS) is 21.8. The standard InChI is InChI=1S/C23H33N3O3/c1-29-21-7-3-2-6-19(21)20(25-12-4-5-13-25)16-24-22(27)17-10-14-26(15-11-17)23(28)18-8-9-18/h2-3,6-7,17-18,20H,4-5,8-16H2,1H3,(H,24,27). The first kappa shape index (κ1) is 20.2. The van der Waals surface area contributed by atoms with E-state index in [0.717, 1.165) is 63.2 Å². The fraction of sp³-hybridized carbons (Fsp3) is 0.652. The number of ether oxygens (including phenoxy) is 1. The maximum absolute atomic E-state index is 12.9. The number of carbonyl (C=O) groups is 2.